The molecule has 1 amide bonds. The van der Waals surface area contributed by atoms with E-state index in [1.54, 1.807) is 19.9 Å². The molecule has 1 aromatic carbocycles. The van der Waals surface area contributed by atoms with E-state index < -0.39 is 57.9 Å². The molecule has 0 saturated heterocycles. The largest absolute Gasteiger partial charge is 0.508 e. The van der Waals surface area contributed by atoms with Gasteiger partial charge in [-0.2, -0.15) is 0 Å². The summed E-state index contributed by atoms with van der Waals surface area (Å²) in [6.45, 7) is 7.49. The van der Waals surface area contributed by atoms with E-state index in [0.717, 1.165) is 6.42 Å². The predicted molar refractivity (Wildman–Crippen MR) is 128 cm³/mol. The van der Waals surface area contributed by atoms with Crippen molar-refractivity contribution < 1.29 is 34.8 Å². The van der Waals surface area contributed by atoms with Gasteiger partial charge in [-0.1, -0.05) is 20.8 Å². The average Bonchev–Trinajstić information content (AvgIpc) is 2.77. The first kappa shape index (κ1) is 24.8. The Morgan fingerprint density at radius 3 is 2.43 bits per heavy atom. The molecule has 1 aromatic rings. The topological polar surface area (TPSA) is 170 Å². The molecule has 1 saturated carbocycles. The lowest BCUT2D eigenvalue weighted by molar-refractivity contribution is -0.155. The summed E-state index contributed by atoms with van der Waals surface area (Å²) < 4.78 is 0. The molecule has 4 rings (SSSR count). The number of carbonyl (C=O) groups excluding carboxylic acids is 3. The van der Waals surface area contributed by atoms with Crippen LogP contribution in [0.25, 0.3) is 5.76 Å². The molecule has 35 heavy (non-hydrogen) atoms. The Balaban J connectivity index is 1.94. The Hall–Kier alpha value is -3.33. The van der Waals surface area contributed by atoms with Crippen LogP contribution in [0, 0.1) is 23.7 Å². The predicted octanol–water partition coefficient (Wildman–Crippen LogP) is 2.52. The molecule has 0 radical (unpaired) electrons. The molecule has 0 bridgehead atoms. The molecule has 5 atom stereocenters. The highest BCUT2D eigenvalue weighted by Gasteiger charge is 2.64. The Labute approximate surface area is 203 Å². The summed E-state index contributed by atoms with van der Waals surface area (Å²) in [5, 5.41) is 47.6. The SMILES string of the molecule is CCC(C)Nc1ccc(O)c2c1C[C@H]1C[C@H]3[C@H](C(C)C)C(=O)C(C(N)=O)=C(O)[C@@]3(O)C(=O)C1=C2O. The molecule has 0 aromatic heterocycles. The van der Waals surface area contributed by atoms with E-state index in [1.807, 2.05) is 13.8 Å². The summed E-state index contributed by atoms with van der Waals surface area (Å²) in [6.07, 6.45) is 1.21. The van der Waals surface area contributed by atoms with Crippen molar-refractivity contribution in [2.75, 3.05) is 5.32 Å². The molecule has 1 fully saturated rings. The van der Waals surface area contributed by atoms with Gasteiger partial charge in [-0.05, 0) is 55.7 Å². The van der Waals surface area contributed by atoms with Crippen LogP contribution in [0.2, 0.25) is 0 Å². The van der Waals surface area contributed by atoms with Gasteiger partial charge in [0.05, 0.1) is 5.56 Å². The van der Waals surface area contributed by atoms with Gasteiger partial charge >= 0.3 is 0 Å². The van der Waals surface area contributed by atoms with Crippen LogP contribution < -0.4 is 11.1 Å². The number of Topliss-reactive ketones (excluding diaryl/α,β-unsaturated/α-hetero) is 2. The monoisotopic (exact) mass is 484 g/mol. The molecule has 0 aliphatic heterocycles. The van der Waals surface area contributed by atoms with E-state index in [0.29, 0.717) is 11.3 Å². The number of aliphatic hydroxyl groups is 3. The van der Waals surface area contributed by atoms with Crippen molar-refractivity contribution in [2.24, 2.45) is 29.4 Å². The normalized spacial score (nSPS) is 29.0. The maximum absolute atomic E-state index is 13.8. The van der Waals surface area contributed by atoms with Crippen molar-refractivity contribution in [3.63, 3.8) is 0 Å². The van der Waals surface area contributed by atoms with Crippen molar-refractivity contribution in [1.82, 2.24) is 0 Å². The van der Waals surface area contributed by atoms with Gasteiger partial charge in [-0.15, -0.1) is 0 Å². The first-order valence-electron chi connectivity index (χ1n) is 12.0. The molecule has 9 heteroatoms. The zero-order valence-electron chi connectivity index (χ0n) is 20.3. The fraction of sp³-hybridized carbons (Fsp3) is 0.500. The number of aliphatic hydroxyl groups excluding tert-OH is 2. The number of anilines is 1. The summed E-state index contributed by atoms with van der Waals surface area (Å²) in [4.78, 5) is 39.0. The number of benzene rings is 1. The second-order valence-corrected chi connectivity index (χ2v) is 10.3. The van der Waals surface area contributed by atoms with E-state index in [-0.39, 0.29) is 41.7 Å². The summed E-state index contributed by atoms with van der Waals surface area (Å²) in [6, 6.07) is 3.25. The van der Waals surface area contributed by atoms with Crippen molar-refractivity contribution in [3.8, 4) is 5.75 Å². The molecular formula is C26H32N2O7. The highest BCUT2D eigenvalue weighted by Crippen LogP contribution is 2.55. The molecule has 7 N–H and O–H groups in total. The number of amides is 1. The van der Waals surface area contributed by atoms with Crippen LogP contribution in [0.1, 0.15) is 51.7 Å². The molecule has 3 aliphatic carbocycles. The number of rotatable bonds is 5. The number of nitrogens with one attached hydrogen (secondary N) is 1. The van der Waals surface area contributed by atoms with E-state index in [2.05, 4.69) is 5.32 Å². The standard InChI is InChI=1S/C26H32N2O7/c1-5-11(4)28-15-6-7-16(29)19-13(15)8-12-9-14-17(10(2)3)21(30)20(25(27)34)24(33)26(14,35)23(32)18(12)22(19)31/h6-7,10-12,14,17,28-29,31,33,35H,5,8-9H2,1-4H3,(H2,27,34)/t11?,12-,14-,17-,26-/m0/s1. The number of nitrogens with two attached hydrogens (primary N) is 1. The lowest BCUT2D eigenvalue weighted by atomic mass is 9.54. The Kier molecular flexibility index (Phi) is 5.95. The van der Waals surface area contributed by atoms with Crippen molar-refractivity contribution >= 4 is 28.9 Å². The number of carbonyl (C=O) groups is 3. The summed E-state index contributed by atoms with van der Waals surface area (Å²) in [5.74, 6) is -7.58. The van der Waals surface area contributed by atoms with Crippen LogP contribution in [-0.2, 0) is 20.8 Å². The Morgan fingerprint density at radius 2 is 1.86 bits per heavy atom. The zero-order chi connectivity index (χ0) is 26.0. The molecule has 0 heterocycles. The maximum atomic E-state index is 13.8. The van der Waals surface area contributed by atoms with Crippen molar-refractivity contribution in [1.29, 1.82) is 0 Å². The smallest absolute Gasteiger partial charge is 0.255 e. The third-order valence-electron chi connectivity index (χ3n) is 7.87. The second kappa shape index (κ2) is 8.41. The number of fused-ring (bicyclic) bond motifs is 3. The fourth-order valence-electron chi connectivity index (χ4n) is 5.99. The highest BCUT2D eigenvalue weighted by atomic mass is 16.3. The molecular weight excluding hydrogens is 452 g/mol. The first-order chi connectivity index (χ1) is 16.4. The van der Waals surface area contributed by atoms with Gasteiger partial charge in [0.25, 0.3) is 5.91 Å². The lowest BCUT2D eigenvalue weighted by Gasteiger charge is -2.50. The number of hydrogen-bond donors (Lipinski definition) is 6. The van der Waals surface area contributed by atoms with Crippen LogP contribution in [0.4, 0.5) is 5.69 Å². The average molecular weight is 485 g/mol. The Bertz CT molecular complexity index is 1200. The number of ketones is 2. The minimum atomic E-state index is -2.59. The van der Waals surface area contributed by atoms with Gasteiger partial charge in [0.2, 0.25) is 5.78 Å². The van der Waals surface area contributed by atoms with E-state index in [9.17, 15) is 34.8 Å². The third kappa shape index (κ3) is 3.43. The number of aromatic hydroxyl groups is 1. The summed E-state index contributed by atoms with van der Waals surface area (Å²) in [7, 11) is 0. The van der Waals surface area contributed by atoms with Gasteiger partial charge in [0, 0.05) is 29.1 Å². The van der Waals surface area contributed by atoms with Crippen LogP contribution in [-0.4, -0.2) is 49.5 Å². The van der Waals surface area contributed by atoms with Crippen molar-refractivity contribution in [2.45, 2.75) is 58.6 Å². The zero-order valence-corrected chi connectivity index (χ0v) is 20.3. The molecule has 0 spiro atoms. The van der Waals surface area contributed by atoms with E-state index in [1.165, 1.54) is 6.07 Å². The lowest BCUT2D eigenvalue weighted by Crippen LogP contribution is -2.62. The molecule has 9 nitrogen and oxygen atoms in total. The quantitative estimate of drug-likeness (QED) is 0.273. The molecule has 188 valence electrons. The third-order valence-corrected chi connectivity index (χ3v) is 7.87. The fourth-order valence-corrected chi connectivity index (χ4v) is 5.99. The number of primary amides is 1. The first-order valence-corrected chi connectivity index (χ1v) is 12.0. The Morgan fingerprint density at radius 1 is 1.20 bits per heavy atom. The van der Waals surface area contributed by atoms with E-state index in [4.69, 9.17) is 5.73 Å². The van der Waals surface area contributed by atoms with Gasteiger partial charge in [-0.3, -0.25) is 14.4 Å². The van der Waals surface area contributed by atoms with Crippen LogP contribution in [0.3, 0.4) is 0 Å². The minimum Gasteiger partial charge on any atom is -0.508 e. The molecule has 1 unspecified atom stereocenters. The second-order valence-electron chi connectivity index (χ2n) is 10.3. The van der Waals surface area contributed by atoms with E-state index >= 15 is 0 Å². The maximum Gasteiger partial charge on any atom is 0.255 e. The number of hydrogen-bond acceptors (Lipinski definition) is 8. The van der Waals surface area contributed by atoms with Gasteiger partial charge in [0.15, 0.2) is 11.4 Å². The van der Waals surface area contributed by atoms with Crippen LogP contribution in [0.15, 0.2) is 29.0 Å². The number of phenolic OH excluding ortho intramolecular Hbond substituents is 1. The van der Waals surface area contributed by atoms with Crippen LogP contribution in [0.5, 0.6) is 5.75 Å². The van der Waals surface area contributed by atoms with Gasteiger partial charge < -0.3 is 31.5 Å². The van der Waals surface area contributed by atoms with Gasteiger partial charge in [-0.25, -0.2) is 0 Å². The van der Waals surface area contributed by atoms with Gasteiger partial charge in [0.1, 0.15) is 22.8 Å². The number of phenols is 1. The van der Waals surface area contributed by atoms with Crippen LogP contribution >= 0.6 is 0 Å². The highest BCUT2D eigenvalue weighted by molar-refractivity contribution is 6.23. The molecule has 3 aliphatic rings. The minimum absolute atomic E-state index is 0.0887. The summed E-state index contributed by atoms with van der Waals surface area (Å²) >= 11 is 0. The summed E-state index contributed by atoms with van der Waals surface area (Å²) in [5.41, 5.74) is 3.27. The van der Waals surface area contributed by atoms with Crippen molar-refractivity contribution in [3.05, 3.63) is 40.2 Å².